The molecule has 0 saturated carbocycles. The number of aromatic nitrogens is 4. The van der Waals surface area contributed by atoms with Gasteiger partial charge in [-0.1, -0.05) is 0 Å². The normalized spacial score (nSPS) is 12.2. The number of aromatic amines is 1. The summed E-state index contributed by atoms with van der Waals surface area (Å²) in [6.07, 6.45) is 1.41. The summed E-state index contributed by atoms with van der Waals surface area (Å²) in [7, 11) is -4.82. The predicted molar refractivity (Wildman–Crippen MR) is 97.5 cm³/mol. The van der Waals surface area contributed by atoms with Crippen molar-refractivity contribution in [2.24, 2.45) is 0 Å². The minimum Gasteiger partial charge on any atom is -0.321 e. The maximum absolute atomic E-state index is 14.4. The van der Waals surface area contributed by atoms with Crippen LogP contribution in [0, 0.1) is 18.6 Å². The van der Waals surface area contributed by atoms with Gasteiger partial charge in [-0.3, -0.25) is 9.13 Å². The number of imidazole rings is 1. The highest BCUT2D eigenvalue weighted by Crippen LogP contribution is 2.34. The molecule has 1 aromatic carbocycles. The molecule has 0 aliphatic rings. The number of benzene rings is 1. The molecule has 8 nitrogen and oxygen atoms in total. The second-order valence-electron chi connectivity index (χ2n) is 6.29. The summed E-state index contributed by atoms with van der Waals surface area (Å²) in [5.74, 6) is -2.32. The van der Waals surface area contributed by atoms with E-state index in [1.54, 1.807) is 19.1 Å². The monoisotopic (exact) mass is 406 g/mol. The van der Waals surface area contributed by atoms with Crippen molar-refractivity contribution in [3.63, 3.8) is 0 Å². The van der Waals surface area contributed by atoms with Gasteiger partial charge in [-0.05, 0) is 31.2 Å². The Kier molecular flexibility index (Phi) is 4.15. The molecule has 0 aliphatic heterocycles. The van der Waals surface area contributed by atoms with Crippen LogP contribution in [0.5, 0.6) is 0 Å². The van der Waals surface area contributed by atoms with Gasteiger partial charge in [0.2, 0.25) is 0 Å². The predicted octanol–water partition coefficient (Wildman–Crippen LogP) is 1.71. The van der Waals surface area contributed by atoms with Gasteiger partial charge >= 0.3 is 13.3 Å². The molecule has 0 saturated heterocycles. The fourth-order valence-electron chi connectivity index (χ4n) is 3.04. The fourth-order valence-corrected chi connectivity index (χ4v) is 3.61. The van der Waals surface area contributed by atoms with Gasteiger partial charge in [-0.15, -0.1) is 0 Å². The summed E-state index contributed by atoms with van der Waals surface area (Å²) < 4.78 is 41.2. The number of aryl methyl sites for hydroxylation is 1. The van der Waals surface area contributed by atoms with Gasteiger partial charge in [0, 0.05) is 16.6 Å². The summed E-state index contributed by atoms with van der Waals surface area (Å²) in [6.45, 7) is 1.30. The number of hydrogen-bond donors (Lipinski definition) is 3. The largest absolute Gasteiger partial charge is 0.356 e. The molecular formula is C17H13F2N4O4P. The first-order valence-electron chi connectivity index (χ1n) is 8.04. The molecule has 0 radical (unpaired) electrons. The summed E-state index contributed by atoms with van der Waals surface area (Å²) in [4.78, 5) is 41.7. The van der Waals surface area contributed by atoms with Crippen LogP contribution < -0.4 is 11.0 Å². The highest BCUT2D eigenvalue weighted by molar-refractivity contribution is 7.60. The van der Waals surface area contributed by atoms with Crippen molar-refractivity contribution in [1.29, 1.82) is 0 Å². The minimum absolute atomic E-state index is 0.371. The Hall–Kier alpha value is -2.94. The fraction of sp³-hybridized carbons (Fsp3) is 0.118. The Labute approximate surface area is 155 Å². The van der Waals surface area contributed by atoms with Gasteiger partial charge in [0.15, 0.2) is 5.65 Å². The first-order valence-corrected chi connectivity index (χ1v) is 9.65. The molecule has 3 N–H and O–H groups in total. The van der Waals surface area contributed by atoms with Crippen molar-refractivity contribution < 1.29 is 23.1 Å². The number of H-pyrrole nitrogens is 1. The zero-order valence-electron chi connectivity index (χ0n) is 14.3. The second-order valence-corrected chi connectivity index (χ2v) is 7.90. The van der Waals surface area contributed by atoms with Crippen LogP contribution in [-0.4, -0.2) is 29.3 Å². The molecule has 0 fully saturated rings. The van der Waals surface area contributed by atoms with E-state index in [9.17, 15) is 18.1 Å². The zero-order valence-corrected chi connectivity index (χ0v) is 15.2. The molecule has 11 heteroatoms. The van der Waals surface area contributed by atoms with Crippen molar-refractivity contribution in [2.75, 3.05) is 0 Å². The third-order valence-corrected chi connectivity index (χ3v) is 5.31. The third kappa shape index (κ3) is 3.01. The van der Waals surface area contributed by atoms with E-state index in [2.05, 4.69) is 15.0 Å². The van der Waals surface area contributed by atoms with Crippen LogP contribution >= 0.6 is 7.60 Å². The van der Waals surface area contributed by atoms with Crippen LogP contribution in [-0.2, 0) is 11.1 Å². The molecule has 0 spiro atoms. The summed E-state index contributed by atoms with van der Waals surface area (Å²) in [5.41, 5.74) is 0.732. The Morgan fingerprint density at radius 3 is 2.54 bits per heavy atom. The summed E-state index contributed by atoms with van der Waals surface area (Å²) >= 11 is 0. The second kappa shape index (κ2) is 6.30. The minimum atomic E-state index is -4.82. The molecule has 144 valence electrons. The molecule has 0 unspecified atom stereocenters. The van der Waals surface area contributed by atoms with E-state index in [1.165, 1.54) is 6.20 Å². The topological polar surface area (TPSA) is 121 Å². The highest BCUT2D eigenvalue weighted by atomic mass is 31.2. The van der Waals surface area contributed by atoms with Gasteiger partial charge in [0.1, 0.15) is 11.6 Å². The van der Waals surface area contributed by atoms with Crippen LogP contribution in [0.3, 0.4) is 0 Å². The average Bonchev–Trinajstić information content (AvgIpc) is 2.92. The van der Waals surface area contributed by atoms with Crippen molar-refractivity contribution in [3.8, 4) is 0 Å². The van der Waals surface area contributed by atoms with Crippen molar-refractivity contribution in [2.45, 2.75) is 13.5 Å². The average molecular weight is 406 g/mol. The van der Waals surface area contributed by atoms with E-state index in [1.807, 2.05) is 0 Å². The number of nitrogens with zero attached hydrogens (tertiary/aromatic N) is 3. The standard InChI is InChI=1S/C17H13F2N4O4P/c1-8-2-3-10-15-14(6-20-16(10)21-8)22-17(24)23(15)7-11-12(18)4-9(5-13(11)19)28(25,26)27/h2-6H,7H2,1H3,(H,22,24)(H2,25,26,27). The Balaban J connectivity index is 1.93. The Bertz CT molecular complexity index is 1340. The van der Waals surface area contributed by atoms with Crippen LogP contribution in [0.4, 0.5) is 8.78 Å². The number of hydrogen-bond acceptors (Lipinski definition) is 4. The van der Waals surface area contributed by atoms with Gasteiger partial charge in [0.05, 0.1) is 29.1 Å². The first-order chi connectivity index (χ1) is 13.1. The van der Waals surface area contributed by atoms with Gasteiger partial charge in [-0.2, -0.15) is 0 Å². The quantitative estimate of drug-likeness (QED) is 0.446. The molecule has 4 rings (SSSR count). The lowest BCUT2D eigenvalue weighted by atomic mass is 10.2. The molecule has 3 aromatic heterocycles. The van der Waals surface area contributed by atoms with E-state index in [4.69, 9.17) is 9.79 Å². The number of fused-ring (bicyclic) bond motifs is 3. The lowest BCUT2D eigenvalue weighted by Gasteiger charge is -2.11. The van der Waals surface area contributed by atoms with Gasteiger partial charge < -0.3 is 14.8 Å². The number of nitrogens with one attached hydrogen (secondary N) is 1. The maximum Gasteiger partial charge on any atom is 0.356 e. The van der Waals surface area contributed by atoms with Crippen LogP contribution in [0.2, 0.25) is 0 Å². The number of pyridine rings is 2. The first kappa shape index (κ1) is 18.4. The van der Waals surface area contributed by atoms with E-state index >= 15 is 0 Å². The molecule has 0 bridgehead atoms. The molecule has 28 heavy (non-hydrogen) atoms. The lowest BCUT2D eigenvalue weighted by molar-refractivity contribution is 0.386. The maximum atomic E-state index is 14.4. The highest BCUT2D eigenvalue weighted by Gasteiger charge is 2.23. The number of halogens is 2. The van der Waals surface area contributed by atoms with Crippen LogP contribution in [0.25, 0.3) is 22.1 Å². The van der Waals surface area contributed by atoms with E-state index in [0.29, 0.717) is 39.9 Å². The molecular weight excluding hydrogens is 393 g/mol. The SMILES string of the molecule is Cc1ccc2c(ncc3[nH]c(=O)n(Cc4c(F)cc(P(=O)(O)O)cc4F)c32)n1. The summed E-state index contributed by atoms with van der Waals surface area (Å²) in [5, 5.41) is -0.249. The van der Waals surface area contributed by atoms with Gasteiger partial charge in [-0.25, -0.2) is 23.5 Å². The zero-order chi connectivity index (χ0) is 20.2. The van der Waals surface area contributed by atoms with E-state index in [0.717, 1.165) is 4.57 Å². The number of rotatable bonds is 3. The Morgan fingerprint density at radius 2 is 1.89 bits per heavy atom. The van der Waals surface area contributed by atoms with Crippen molar-refractivity contribution in [3.05, 3.63) is 63.8 Å². The van der Waals surface area contributed by atoms with E-state index in [-0.39, 0.29) is 0 Å². The van der Waals surface area contributed by atoms with Crippen molar-refractivity contribution >= 4 is 35.0 Å². The van der Waals surface area contributed by atoms with Gasteiger partial charge in [0.25, 0.3) is 0 Å². The van der Waals surface area contributed by atoms with Crippen LogP contribution in [0.1, 0.15) is 11.3 Å². The molecule has 4 aromatic rings. The summed E-state index contributed by atoms with van der Waals surface area (Å²) in [6, 6.07) is 4.58. The molecule has 0 amide bonds. The van der Waals surface area contributed by atoms with Crippen LogP contribution in [0.15, 0.2) is 35.3 Å². The Morgan fingerprint density at radius 1 is 1.21 bits per heavy atom. The third-order valence-electron chi connectivity index (χ3n) is 4.38. The van der Waals surface area contributed by atoms with Crippen molar-refractivity contribution in [1.82, 2.24) is 19.5 Å². The molecule has 0 atom stereocenters. The smallest absolute Gasteiger partial charge is 0.321 e. The van der Waals surface area contributed by atoms with E-state index < -0.39 is 42.3 Å². The lowest BCUT2D eigenvalue weighted by Crippen LogP contribution is -2.20. The molecule has 3 heterocycles. The molecule has 0 aliphatic carbocycles.